The lowest BCUT2D eigenvalue weighted by molar-refractivity contribution is -0.144. The zero-order valence-corrected chi connectivity index (χ0v) is 15.7. The number of sulfonamides is 1. The summed E-state index contributed by atoms with van der Waals surface area (Å²) < 4.78 is 76.3. The first-order valence-electron chi connectivity index (χ1n) is 8.14. The third-order valence-electron chi connectivity index (χ3n) is 3.85. The molecule has 0 bridgehead atoms. The van der Waals surface area contributed by atoms with Crippen LogP contribution < -0.4 is 10.5 Å². The van der Waals surface area contributed by atoms with Gasteiger partial charge in [-0.2, -0.15) is 13.2 Å². The Bertz CT molecular complexity index is 1210. The number of carbonyl (C=O) groups is 1. The molecular weight excluding hydrogens is 430 g/mol. The molecule has 0 unspecified atom stereocenters. The number of nitrogens with two attached hydrogens (primary N) is 1. The Balaban J connectivity index is 1.91. The number of halogens is 4. The van der Waals surface area contributed by atoms with Gasteiger partial charge in [0.15, 0.2) is 0 Å². The molecule has 158 valence electrons. The summed E-state index contributed by atoms with van der Waals surface area (Å²) in [7, 11) is -4.41. The van der Waals surface area contributed by atoms with Crippen LogP contribution in [0, 0.1) is 5.82 Å². The van der Waals surface area contributed by atoms with Crippen molar-refractivity contribution in [3.63, 3.8) is 0 Å². The fraction of sp³-hybridized carbons (Fsp3) is 0.118. The van der Waals surface area contributed by atoms with Crippen molar-refractivity contribution < 1.29 is 30.8 Å². The Kier molecular flexibility index (Phi) is 5.59. The maximum Gasteiger partial charge on any atom is 0.453 e. The van der Waals surface area contributed by atoms with Gasteiger partial charge < -0.3 is 5.32 Å². The number of nitrogens with zero attached hydrogens (tertiary/aromatic N) is 3. The van der Waals surface area contributed by atoms with E-state index in [0.717, 1.165) is 12.1 Å². The Morgan fingerprint density at radius 3 is 2.47 bits per heavy atom. The molecule has 0 aliphatic carbocycles. The first kappa shape index (κ1) is 21.4. The minimum Gasteiger partial charge on any atom is -0.326 e. The van der Waals surface area contributed by atoms with E-state index in [-0.39, 0.29) is 23.4 Å². The summed E-state index contributed by atoms with van der Waals surface area (Å²) in [5, 5.41) is 10.8. The molecule has 0 fully saturated rings. The van der Waals surface area contributed by atoms with E-state index >= 15 is 0 Å². The average molecular weight is 443 g/mol. The lowest BCUT2D eigenvalue weighted by Crippen LogP contribution is -2.18. The third-order valence-corrected chi connectivity index (χ3v) is 4.79. The number of aromatic nitrogens is 3. The molecule has 0 aliphatic rings. The number of amides is 1. The van der Waals surface area contributed by atoms with Gasteiger partial charge in [0.05, 0.1) is 12.1 Å². The van der Waals surface area contributed by atoms with Crippen LogP contribution in [0.5, 0.6) is 0 Å². The maximum absolute atomic E-state index is 13.7. The molecule has 8 nitrogen and oxygen atoms in total. The summed E-state index contributed by atoms with van der Waals surface area (Å²) in [5.41, 5.74) is -0.187. The van der Waals surface area contributed by atoms with Crippen LogP contribution >= 0.6 is 0 Å². The van der Waals surface area contributed by atoms with Crippen molar-refractivity contribution in [1.29, 1.82) is 0 Å². The molecular formula is C17H13F4N5O3S. The van der Waals surface area contributed by atoms with Gasteiger partial charge in [-0.25, -0.2) is 27.6 Å². The summed E-state index contributed by atoms with van der Waals surface area (Å²) in [4.78, 5) is 14.7. The molecule has 3 rings (SSSR count). The van der Waals surface area contributed by atoms with Gasteiger partial charge in [-0.15, -0.1) is 5.10 Å². The second-order valence-corrected chi connectivity index (χ2v) is 7.58. The van der Waals surface area contributed by atoms with Crippen LogP contribution in [0.2, 0.25) is 0 Å². The number of nitrogens with one attached hydrogen (secondary N) is 1. The minimum atomic E-state index is -4.83. The molecule has 3 aromatic rings. The topological polar surface area (TPSA) is 120 Å². The Morgan fingerprint density at radius 2 is 1.87 bits per heavy atom. The van der Waals surface area contributed by atoms with Crippen LogP contribution in [0.1, 0.15) is 11.4 Å². The van der Waals surface area contributed by atoms with E-state index in [1.54, 1.807) is 6.07 Å². The quantitative estimate of drug-likeness (QED) is 0.586. The molecule has 0 aliphatic heterocycles. The normalized spacial score (nSPS) is 12.0. The van der Waals surface area contributed by atoms with E-state index in [2.05, 4.69) is 15.4 Å². The highest BCUT2D eigenvalue weighted by Crippen LogP contribution is 2.28. The van der Waals surface area contributed by atoms with Crippen LogP contribution in [-0.4, -0.2) is 29.1 Å². The van der Waals surface area contributed by atoms with Gasteiger partial charge in [0, 0.05) is 5.69 Å². The molecule has 13 heteroatoms. The highest BCUT2D eigenvalue weighted by molar-refractivity contribution is 7.89. The second-order valence-electron chi connectivity index (χ2n) is 6.05. The number of primary sulfonamides is 1. The summed E-state index contributed by atoms with van der Waals surface area (Å²) in [6.45, 7) is 0. The molecule has 0 saturated carbocycles. The zero-order chi connectivity index (χ0) is 22.1. The average Bonchev–Trinajstić information content (AvgIpc) is 3.13. The van der Waals surface area contributed by atoms with Crippen molar-refractivity contribution in [2.45, 2.75) is 17.5 Å². The van der Waals surface area contributed by atoms with E-state index in [1.165, 1.54) is 24.3 Å². The fourth-order valence-corrected chi connectivity index (χ4v) is 3.28. The number of hydrogen-bond donors (Lipinski definition) is 2. The van der Waals surface area contributed by atoms with Gasteiger partial charge in [-0.3, -0.25) is 4.79 Å². The number of rotatable bonds is 5. The lowest BCUT2D eigenvalue weighted by atomic mass is 10.1. The van der Waals surface area contributed by atoms with Gasteiger partial charge in [0.1, 0.15) is 17.0 Å². The van der Waals surface area contributed by atoms with Crippen LogP contribution in [-0.2, 0) is 27.4 Å². The van der Waals surface area contributed by atoms with Crippen LogP contribution in [0.25, 0.3) is 5.69 Å². The fourth-order valence-electron chi connectivity index (χ4n) is 2.54. The van der Waals surface area contributed by atoms with E-state index in [9.17, 15) is 30.8 Å². The SMILES string of the molecule is NS(=O)(=O)c1cc(NC(=O)Cc2ccccc2F)ccc1-n1cnc(C(F)(F)F)n1. The van der Waals surface area contributed by atoms with Crippen molar-refractivity contribution in [2.24, 2.45) is 5.14 Å². The molecule has 0 radical (unpaired) electrons. The number of carbonyl (C=O) groups excluding carboxylic acids is 1. The van der Waals surface area contributed by atoms with Crippen LogP contribution in [0.15, 0.2) is 53.7 Å². The van der Waals surface area contributed by atoms with Gasteiger partial charge in [-0.05, 0) is 29.8 Å². The molecule has 1 amide bonds. The Hall–Kier alpha value is -3.32. The third kappa shape index (κ3) is 4.80. The minimum absolute atomic E-state index is 0.0136. The molecule has 1 aromatic heterocycles. The van der Waals surface area contributed by atoms with Crippen molar-refractivity contribution in [2.75, 3.05) is 5.32 Å². The molecule has 30 heavy (non-hydrogen) atoms. The molecule has 0 spiro atoms. The molecule has 1 heterocycles. The van der Waals surface area contributed by atoms with Crippen molar-refractivity contribution in [1.82, 2.24) is 14.8 Å². The predicted molar refractivity (Wildman–Crippen MR) is 96.5 cm³/mol. The van der Waals surface area contributed by atoms with E-state index in [4.69, 9.17) is 5.14 Å². The van der Waals surface area contributed by atoms with Crippen molar-refractivity contribution in [3.8, 4) is 5.69 Å². The summed E-state index contributed by atoms with van der Waals surface area (Å²) in [6, 6.07) is 8.90. The second kappa shape index (κ2) is 7.84. The standard InChI is InChI=1S/C17H13F4N5O3S/c18-12-4-2-1-3-10(12)7-15(27)24-11-5-6-13(14(8-11)30(22,28)29)26-9-23-16(25-26)17(19,20)21/h1-6,8-9H,7H2,(H,24,27)(H2,22,28,29). The summed E-state index contributed by atoms with van der Waals surface area (Å²) in [5.74, 6) is -2.70. The zero-order valence-electron chi connectivity index (χ0n) is 14.9. The Labute approximate surface area is 167 Å². The monoisotopic (exact) mass is 443 g/mol. The number of alkyl halides is 3. The molecule has 0 saturated heterocycles. The lowest BCUT2D eigenvalue weighted by Gasteiger charge is -2.11. The van der Waals surface area contributed by atoms with Gasteiger partial charge in [-0.1, -0.05) is 18.2 Å². The van der Waals surface area contributed by atoms with E-state index in [1.807, 2.05) is 0 Å². The first-order valence-corrected chi connectivity index (χ1v) is 9.69. The van der Waals surface area contributed by atoms with Gasteiger partial charge in [0.25, 0.3) is 5.82 Å². The van der Waals surface area contributed by atoms with Crippen LogP contribution in [0.4, 0.5) is 23.2 Å². The number of anilines is 1. The summed E-state index contributed by atoms with van der Waals surface area (Å²) >= 11 is 0. The number of hydrogen-bond acceptors (Lipinski definition) is 5. The summed E-state index contributed by atoms with van der Waals surface area (Å²) in [6.07, 6.45) is -4.46. The van der Waals surface area contributed by atoms with E-state index in [0.29, 0.717) is 11.0 Å². The highest BCUT2D eigenvalue weighted by atomic mass is 32.2. The van der Waals surface area contributed by atoms with Gasteiger partial charge in [0.2, 0.25) is 15.9 Å². The molecule has 2 aromatic carbocycles. The van der Waals surface area contributed by atoms with E-state index < -0.39 is 38.6 Å². The Morgan fingerprint density at radius 1 is 1.17 bits per heavy atom. The highest BCUT2D eigenvalue weighted by Gasteiger charge is 2.36. The maximum atomic E-state index is 13.7. The number of benzene rings is 2. The molecule has 3 N–H and O–H groups in total. The van der Waals surface area contributed by atoms with Crippen molar-refractivity contribution in [3.05, 3.63) is 66.0 Å². The van der Waals surface area contributed by atoms with Crippen LogP contribution in [0.3, 0.4) is 0 Å². The first-order chi connectivity index (χ1) is 13.9. The smallest absolute Gasteiger partial charge is 0.326 e. The predicted octanol–water partition coefficient (Wildman–Crippen LogP) is 2.25. The van der Waals surface area contributed by atoms with Gasteiger partial charge >= 0.3 is 6.18 Å². The largest absolute Gasteiger partial charge is 0.453 e. The van der Waals surface area contributed by atoms with Crippen molar-refractivity contribution >= 4 is 21.6 Å². The molecule has 0 atom stereocenters.